The summed E-state index contributed by atoms with van der Waals surface area (Å²) in [6.07, 6.45) is 3.62. The van der Waals surface area contributed by atoms with Crippen molar-refractivity contribution in [1.29, 1.82) is 0 Å². The lowest BCUT2D eigenvalue weighted by Crippen LogP contribution is -2.24. The summed E-state index contributed by atoms with van der Waals surface area (Å²) in [5, 5.41) is 2.90. The van der Waals surface area contributed by atoms with E-state index in [-0.39, 0.29) is 5.91 Å². The quantitative estimate of drug-likeness (QED) is 0.607. The fourth-order valence-corrected chi connectivity index (χ4v) is 3.44. The molecular weight excluding hydrogens is 334 g/mol. The molecule has 1 amide bonds. The van der Waals surface area contributed by atoms with Crippen molar-refractivity contribution in [1.82, 2.24) is 5.32 Å². The molecule has 1 atom stereocenters. The Hall–Kier alpha value is -2.27. The summed E-state index contributed by atoms with van der Waals surface area (Å²) in [7, 11) is -0.848. The zero-order valence-electron chi connectivity index (χ0n) is 15.0. The Kier molecular flexibility index (Phi) is 6.26. The number of ether oxygens (including phenoxy) is 1. The van der Waals surface area contributed by atoms with Crippen LogP contribution >= 0.6 is 0 Å². The lowest BCUT2D eigenvalue weighted by Gasteiger charge is -2.12. The second kappa shape index (κ2) is 8.21. The first-order valence-corrected chi connectivity index (χ1v) is 10.4. The van der Waals surface area contributed by atoms with Gasteiger partial charge >= 0.3 is 0 Å². The molecule has 25 heavy (non-hydrogen) atoms. The first-order valence-electron chi connectivity index (χ1n) is 8.25. The Labute approximate surface area is 150 Å². The summed E-state index contributed by atoms with van der Waals surface area (Å²) < 4.78 is 17.7. The predicted octanol–water partition coefficient (Wildman–Crippen LogP) is 3.60. The molecule has 0 aliphatic rings. The molecule has 134 valence electrons. The summed E-state index contributed by atoms with van der Waals surface area (Å²) in [5.41, 5.74) is 2.48. The van der Waals surface area contributed by atoms with Gasteiger partial charge in [-0.05, 0) is 57.2 Å². The Bertz CT molecular complexity index is 840. The standard InChI is InChI=1S/C20H25NO3S/c1-5-6-13-21-20(22)16-9-7-15(8-10-16)17-11-12-18(24-2)19(14-17)25(3,4)23/h7-12,14H,3,5-6,13H2,1-2,4H3,(H,21,22). The zero-order chi connectivity index (χ0) is 18.4. The maximum Gasteiger partial charge on any atom is 0.251 e. The van der Waals surface area contributed by atoms with Gasteiger partial charge in [0.15, 0.2) is 0 Å². The molecule has 0 fully saturated rings. The van der Waals surface area contributed by atoms with Crippen molar-refractivity contribution < 1.29 is 13.7 Å². The third-order valence-electron chi connectivity index (χ3n) is 3.93. The zero-order valence-corrected chi connectivity index (χ0v) is 15.8. The van der Waals surface area contributed by atoms with Crippen LogP contribution in [0.3, 0.4) is 0 Å². The van der Waals surface area contributed by atoms with Crippen LogP contribution in [0.15, 0.2) is 47.4 Å². The minimum absolute atomic E-state index is 0.0650. The van der Waals surface area contributed by atoms with E-state index in [1.54, 1.807) is 31.6 Å². The molecule has 2 rings (SSSR count). The molecule has 4 nitrogen and oxygen atoms in total. The van der Waals surface area contributed by atoms with E-state index >= 15 is 0 Å². The Morgan fingerprint density at radius 3 is 2.36 bits per heavy atom. The van der Waals surface area contributed by atoms with Gasteiger partial charge < -0.3 is 10.1 Å². The van der Waals surface area contributed by atoms with Crippen LogP contribution in [0.1, 0.15) is 30.1 Å². The van der Waals surface area contributed by atoms with Crippen LogP contribution in [0, 0.1) is 0 Å². The molecule has 2 aromatic carbocycles. The molecule has 1 N–H and O–H groups in total. The van der Waals surface area contributed by atoms with Crippen molar-refractivity contribution in [2.24, 2.45) is 0 Å². The van der Waals surface area contributed by atoms with Crippen molar-refractivity contribution >= 4 is 21.3 Å². The smallest absolute Gasteiger partial charge is 0.251 e. The number of carbonyl (C=O) groups excluding carboxylic acids is 1. The van der Waals surface area contributed by atoms with Crippen molar-refractivity contribution in [3.63, 3.8) is 0 Å². The fourth-order valence-electron chi connectivity index (χ4n) is 2.49. The van der Waals surface area contributed by atoms with Gasteiger partial charge in [0.2, 0.25) is 0 Å². The van der Waals surface area contributed by atoms with Gasteiger partial charge in [0.1, 0.15) is 5.75 Å². The van der Waals surface area contributed by atoms with Crippen LogP contribution in [0.2, 0.25) is 0 Å². The maximum absolute atomic E-state index is 12.4. The van der Waals surface area contributed by atoms with Crippen LogP contribution in [-0.4, -0.2) is 35.9 Å². The monoisotopic (exact) mass is 359 g/mol. The average molecular weight is 359 g/mol. The Morgan fingerprint density at radius 1 is 1.16 bits per heavy atom. The van der Waals surface area contributed by atoms with Gasteiger partial charge in [-0.1, -0.05) is 31.5 Å². The molecule has 0 aliphatic heterocycles. The topological polar surface area (TPSA) is 55.4 Å². The number of hydrogen-bond donors (Lipinski definition) is 1. The number of carbonyl (C=O) groups is 1. The fraction of sp³-hybridized carbons (Fsp3) is 0.300. The highest BCUT2D eigenvalue weighted by molar-refractivity contribution is 7.99. The first kappa shape index (κ1) is 19.1. The van der Waals surface area contributed by atoms with Crippen LogP contribution in [-0.2, 0) is 9.52 Å². The third-order valence-corrected chi connectivity index (χ3v) is 5.17. The number of rotatable bonds is 7. The molecule has 1 unspecified atom stereocenters. The van der Waals surface area contributed by atoms with Gasteiger partial charge in [0.25, 0.3) is 5.91 Å². The molecule has 0 saturated heterocycles. The summed E-state index contributed by atoms with van der Waals surface area (Å²) >= 11 is 0. The van der Waals surface area contributed by atoms with Gasteiger partial charge in [-0.15, -0.1) is 0 Å². The summed E-state index contributed by atoms with van der Waals surface area (Å²) in [6, 6.07) is 12.9. The number of unbranched alkanes of at least 4 members (excludes halogenated alkanes) is 1. The van der Waals surface area contributed by atoms with E-state index in [2.05, 4.69) is 18.1 Å². The summed E-state index contributed by atoms with van der Waals surface area (Å²) in [6.45, 7) is 2.78. The molecule has 0 bridgehead atoms. The number of hydrogen-bond acceptors (Lipinski definition) is 3. The van der Waals surface area contributed by atoms with Gasteiger partial charge in [-0.2, -0.15) is 0 Å². The normalized spacial score (nSPS) is 13.1. The lowest BCUT2D eigenvalue weighted by molar-refractivity contribution is 0.0953. The molecule has 0 radical (unpaired) electrons. The second-order valence-corrected chi connectivity index (χ2v) is 8.51. The van der Waals surface area contributed by atoms with Gasteiger partial charge in [-0.25, -0.2) is 0 Å². The number of methoxy groups -OCH3 is 1. The minimum Gasteiger partial charge on any atom is -0.496 e. The van der Waals surface area contributed by atoms with E-state index in [0.717, 1.165) is 24.0 Å². The molecule has 0 saturated carbocycles. The average Bonchev–Trinajstić information content (AvgIpc) is 2.60. The number of nitrogens with one attached hydrogen (secondary N) is 1. The first-order chi connectivity index (χ1) is 11.9. The van der Waals surface area contributed by atoms with E-state index in [4.69, 9.17) is 4.74 Å². The van der Waals surface area contributed by atoms with E-state index in [0.29, 0.717) is 22.8 Å². The Morgan fingerprint density at radius 2 is 1.80 bits per heavy atom. The number of benzene rings is 2. The predicted molar refractivity (Wildman–Crippen MR) is 105 cm³/mol. The van der Waals surface area contributed by atoms with E-state index in [1.165, 1.54) is 0 Å². The van der Waals surface area contributed by atoms with Crippen LogP contribution in [0.5, 0.6) is 5.75 Å². The third kappa shape index (κ3) is 4.86. The highest BCUT2D eigenvalue weighted by Gasteiger charge is 2.12. The number of amides is 1. The van der Waals surface area contributed by atoms with Crippen LogP contribution in [0.25, 0.3) is 11.1 Å². The van der Waals surface area contributed by atoms with Gasteiger partial charge in [0, 0.05) is 18.4 Å². The molecule has 0 aliphatic carbocycles. The van der Waals surface area contributed by atoms with Crippen molar-refractivity contribution in [3.8, 4) is 16.9 Å². The highest BCUT2D eigenvalue weighted by atomic mass is 32.2. The van der Waals surface area contributed by atoms with Crippen molar-refractivity contribution in [3.05, 3.63) is 48.0 Å². The molecule has 0 aromatic heterocycles. The van der Waals surface area contributed by atoms with Gasteiger partial charge in [-0.3, -0.25) is 9.00 Å². The molecule has 5 heteroatoms. The minimum atomic E-state index is -2.40. The lowest BCUT2D eigenvalue weighted by atomic mass is 10.0. The van der Waals surface area contributed by atoms with Crippen LogP contribution in [0.4, 0.5) is 0 Å². The van der Waals surface area contributed by atoms with E-state index in [9.17, 15) is 9.00 Å². The second-order valence-electron chi connectivity index (χ2n) is 6.06. The van der Waals surface area contributed by atoms with Gasteiger partial charge in [0.05, 0.1) is 12.0 Å². The van der Waals surface area contributed by atoms with E-state index in [1.807, 2.05) is 24.3 Å². The summed E-state index contributed by atoms with van der Waals surface area (Å²) in [5.74, 6) is 4.25. The SMILES string of the molecule is C=S(C)(=O)c1cc(-c2ccc(C(=O)NCCCC)cc2)ccc1OC. The molecule has 0 heterocycles. The largest absolute Gasteiger partial charge is 0.496 e. The van der Waals surface area contributed by atoms with Crippen molar-refractivity contribution in [2.45, 2.75) is 24.7 Å². The Balaban J connectivity index is 2.27. The summed E-state index contributed by atoms with van der Waals surface area (Å²) in [4.78, 5) is 12.7. The molecule has 0 spiro atoms. The van der Waals surface area contributed by atoms with Crippen LogP contribution < -0.4 is 10.1 Å². The molecular formula is C20H25NO3S. The highest BCUT2D eigenvalue weighted by Crippen LogP contribution is 2.30. The maximum atomic E-state index is 12.4. The van der Waals surface area contributed by atoms with Crippen molar-refractivity contribution in [2.75, 3.05) is 19.9 Å². The van der Waals surface area contributed by atoms with E-state index < -0.39 is 9.52 Å². The molecule has 2 aromatic rings.